The molecule has 0 amide bonds. The summed E-state index contributed by atoms with van der Waals surface area (Å²) in [6.07, 6.45) is 3.59. The van der Waals surface area contributed by atoms with Gasteiger partial charge in [0.1, 0.15) is 5.52 Å². The number of aromatic nitrogens is 4. The van der Waals surface area contributed by atoms with E-state index in [2.05, 4.69) is 25.7 Å². The fourth-order valence-electron chi connectivity index (χ4n) is 3.30. The third kappa shape index (κ3) is 3.66. The van der Waals surface area contributed by atoms with Gasteiger partial charge in [0.15, 0.2) is 5.65 Å². The Morgan fingerprint density at radius 3 is 2.77 bits per heavy atom. The van der Waals surface area contributed by atoms with Crippen molar-refractivity contribution in [1.29, 1.82) is 0 Å². The molecule has 0 aliphatic carbocycles. The van der Waals surface area contributed by atoms with Crippen LogP contribution in [0.25, 0.3) is 43.8 Å². The molecule has 0 atom stereocenters. The van der Waals surface area contributed by atoms with Crippen molar-refractivity contribution in [2.24, 2.45) is 0 Å². The first-order valence-electron chi connectivity index (χ1n) is 9.70. The van der Waals surface area contributed by atoms with Gasteiger partial charge in [0.2, 0.25) is 10.0 Å². The highest BCUT2D eigenvalue weighted by Crippen LogP contribution is 2.31. The van der Waals surface area contributed by atoms with Crippen LogP contribution in [-0.4, -0.2) is 33.6 Å². The Morgan fingerprint density at radius 1 is 1.06 bits per heavy atom. The van der Waals surface area contributed by atoms with Gasteiger partial charge >= 0.3 is 0 Å². The maximum atomic E-state index is 12.2. The molecule has 0 aliphatic rings. The average molecular weight is 450 g/mol. The molecule has 9 heteroatoms. The van der Waals surface area contributed by atoms with E-state index in [0.717, 1.165) is 32.4 Å². The van der Waals surface area contributed by atoms with E-state index < -0.39 is 15.3 Å². The number of nitrogens with one attached hydrogen (secondary N) is 2. The Bertz CT molecular complexity index is 1520. The highest BCUT2D eigenvalue weighted by atomic mass is 32.2. The van der Waals surface area contributed by atoms with E-state index in [1.807, 2.05) is 29.9 Å². The summed E-state index contributed by atoms with van der Waals surface area (Å²) in [5.41, 5.74) is 8.20. The number of rotatable bonds is 5. The van der Waals surface area contributed by atoms with Crippen molar-refractivity contribution in [3.05, 3.63) is 60.4 Å². The van der Waals surface area contributed by atoms with E-state index in [4.69, 9.17) is 4.98 Å². The number of anilines is 1. The second-order valence-electron chi connectivity index (χ2n) is 7.47. The summed E-state index contributed by atoms with van der Waals surface area (Å²) in [7, 11) is -3.43. The first-order valence-corrected chi connectivity index (χ1v) is 12.1. The van der Waals surface area contributed by atoms with Gasteiger partial charge in [0.25, 0.3) is 0 Å². The lowest BCUT2D eigenvalue weighted by Crippen LogP contribution is -2.22. The van der Waals surface area contributed by atoms with Gasteiger partial charge in [-0.3, -0.25) is 4.72 Å². The van der Waals surface area contributed by atoms with Gasteiger partial charge in [0.05, 0.1) is 32.9 Å². The molecule has 0 saturated heterocycles. The summed E-state index contributed by atoms with van der Waals surface area (Å²) in [6, 6.07) is 13.3. The van der Waals surface area contributed by atoms with Gasteiger partial charge in [-0.1, -0.05) is 18.2 Å². The van der Waals surface area contributed by atoms with Crippen molar-refractivity contribution in [1.82, 2.24) is 19.9 Å². The van der Waals surface area contributed by atoms with Gasteiger partial charge in [-0.25, -0.2) is 23.4 Å². The van der Waals surface area contributed by atoms with Gasteiger partial charge < -0.3 is 4.98 Å². The molecule has 3 heterocycles. The van der Waals surface area contributed by atoms with E-state index >= 15 is 0 Å². The van der Waals surface area contributed by atoms with Crippen LogP contribution in [0.15, 0.2) is 60.4 Å². The van der Waals surface area contributed by atoms with E-state index in [9.17, 15) is 8.42 Å². The fourth-order valence-corrected chi connectivity index (χ4v) is 4.70. The van der Waals surface area contributed by atoms with Crippen LogP contribution < -0.4 is 4.72 Å². The van der Waals surface area contributed by atoms with Crippen LogP contribution in [0.2, 0.25) is 0 Å². The predicted octanol–water partition coefficient (Wildman–Crippen LogP) is 5.05. The van der Waals surface area contributed by atoms with Crippen LogP contribution in [0, 0.1) is 0 Å². The minimum atomic E-state index is -3.43. The molecule has 31 heavy (non-hydrogen) atoms. The van der Waals surface area contributed by atoms with Gasteiger partial charge in [0, 0.05) is 23.0 Å². The number of H-pyrrole nitrogens is 1. The van der Waals surface area contributed by atoms with Crippen LogP contribution in [0.1, 0.15) is 13.8 Å². The zero-order chi connectivity index (χ0) is 21.6. The zero-order valence-electron chi connectivity index (χ0n) is 16.8. The quantitative estimate of drug-likeness (QED) is 0.391. The lowest BCUT2D eigenvalue weighted by atomic mass is 10.1. The van der Waals surface area contributed by atoms with Crippen molar-refractivity contribution in [3.8, 4) is 22.4 Å². The molecular weight excluding hydrogens is 430 g/mol. The number of fused-ring (bicyclic) bond motifs is 2. The third-order valence-corrected chi connectivity index (χ3v) is 7.62. The average Bonchev–Trinajstić information content (AvgIpc) is 3.39. The lowest BCUT2D eigenvalue weighted by molar-refractivity contribution is 0.593. The predicted molar refractivity (Wildman–Crippen MR) is 126 cm³/mol. The van der Waals surface area contributed by atoms with Crippen molar-refractivity contribution in [3.63, 3.8) is 0 Å². The lowest BCUT2D eigenvalue weighted by Gasteiger charge is -2.11. The van der Waals surface area contributed by atoms with Gasteiger partial charge in [-0.05, 0) is 43.7 Å². The van der Waals surface area contributed by atoms with Crippen LogP contribution in [0.4, 0.5) is 5.69 Å². The largest absolute Gasteiger partial charge is 0.344 e. The Morgan fingerprint density at radius 2 is 1.94 bits per heavy atom. The number of nitrogens with zero attached hydrogens (tertiary/aromatic N) is 3. The first-order chi connectivity index (χ1) is 14.9. The van der Waals surface area contributed by atoms with Gasteiger partial charge in [-0.15, -0.1) is 11.3 Å². The normalized spacial score (nSPS) is 12.1. The maximum absolute atomic E-state index is 12.2. The number of hydrogen-bond acceptors (Lipinski definition) is 6. The van der Waals surface area contributed by atoms with Gasteiger partial charge in [-0.2, -0.15) is 0 Å². The smallest absolute Gasteiger partial charge is 0.235 e. The summed E-state index contributed by atoms with van der Waals surface area (Å²) in [4.78, 5) is 16.9. The summed E-state index contributed by atoms with van der Waals surface area (Å²) >= 11 is 1.60. The number of hydrogen-bond donors (Lipinski definition) is 2. The van der Waals surface area contributed by atoms with Crippen LogP contribution >= 0.6 is 11.3 Å². The molecule has 156 valence electrons. The molecule has 5 aromatic rings. The molecule has 0 unspecified atom stereocenters. The second kappa shape index (κ2) is 7.44. The summed E-state index contributed by atoms with van der Waals surface area (Å²) in [6.45, 7) is 3.28. The van der Waals surface area contributed by atoms with Crippen LogP contribution in [0.5, 0.6) is 0 Å². The fraction of sp³-hybridized carbons (Fsp3) is 0.136. The highest BCUT2D eigenvalue weighted by Gasteiger charge is 2.16. The van der Waals surface area contributed by atoms with Crippen molar-refractivity contribution in [2.45, 2.75) is 19.1 Å². The maximum Gasteiger partial charge on any atom is 0.235 e. The minimum absolute atomic E-state index is 0.498. The van der Waals surface area contributed by atoms with E-state index in [-0.39, 0.29) is 0 Å². The van der Waals surface area contributed by atoms with Crippen LogP contribution in [-0.2, 0) is 10.0 Å². The van der Waals surface area contributed by atoms with E-state index in [0.29, 0.717) is 17.0 Å². The number of aromatic amines is 1. The summed E-state index contributed by atoms with van der Waals surface area (Å²) in [5.74, 6) is 0. The number of benzene rings is 2. The molecule has 2 aromatic carbocycles. The third-order valence-electron chi connectivity index (χ3n) is 5.06. The minimum Gasteiger partial charge on any atom is -0.344 e. The highest BCUT2D eigenvalue weighted by molar-refractivity contribution is 7.93. The Kier molecular flexibility index (Phi) is 4.71. The molecular formula is C22H19N5O2S2. The molecule has 0 aliphatic heterocycles. The monoisotopic (exact) mass is 449 g/mol. The Balaban J connectivity index is 1.56. The molecule has 3 aromatic heterocycles. The van der Waals surface area contributed by atoms with Crippen molar-refractivity contribution >= 4 is 48.4 Å². The van der Waals surface area contributed by atoms with Crippen molar-refractivity contribution in [2.75, 3.05) is 4.72 Å². The molecule has 0 saturated carbocycles. The molecule has 2 N–H and O–H groups in total. The summed E-state index contributed by atoms with van der Waals surface area (Å²) < 4.78 is 28.2. The number of sulfonamides is 1. The molecule has 0 fully saturated rings. The van der Waals surface area contributed by atoms with Crippen molar-refractivity contribution < 1.29 is 8.42 Å². The second-order valence-corrected chi connectivity index (χ2v) is 10.6. The molecule has 5 rings (SSSR count). The summed E-state index contributed by atoms with van der Waals surface area (Å²) in [5, 5.41) is -0.523. The van der Waals surface area contributed by atoms with E-state index in [1.54, 1.807) is 49.6 Å². The Hall–Kier alpha value is -3.30. The molecule has 7 nitrogen and oxygen atoms in total. The first kappa shape index (κ1) is 19.7. The van der Waals surface area contributed by atoms with Crippen LogP contribution in [0.3, 0.4) is 0 Å². The molecule has 0 bridgehead atoms. The Labute approximate surface area is 183 Å². The standard InChI is InChI=1S/C22H19N5O2S2/c1-13(2)31(28,29)27-16-5-3-4-15(8-16)19-11-24-22-21(26-19)17(10-23-22)14-6-7-18-20(9-14)30-12-25-18/h3-13,27H,1-2H3,(H,23,24). The zero-order valence-corrected chi connectivity index (χ0v) is 18.5. The molecule has 0 radical (unpaired) electrons. The topological polar surface area (TPSA) is 101 Å². The number of thiazole rings is 1. The SMILES string of the molecule is CC(C)S(=O)(=O)Nc1cccc(-c2cnc3[nH]cc(-c4ccc5ncsc5c4)c3n2)c1. The van der Waals surface area contributed by atoms with E-state index in [1.165, 1.54) is 0 Å². The molecule has 0 spiro atoms.